The van der Waals surface area contributed by atoms with E-state index in [2.05, 4.69) is 50.0 Å². The number of nitrogens with one attached hydrogen (secondary N) is 3. The number of para-hydroxylation sites is 2. The average molecular weight is 1550 g/mol. The molecule has 556 valence electrons. The van der Waals surface area contributed by atoms with Crippen molar-refractivity contribution in [2.75, 3.05) is 103 Å². The van der Waals surface area contributed by atoms with Crippen molar-refractivity contribution in [2.45, 2.75) is 115 Å². The van der Waals surface area contributed by atoms with Gasteiger partial charge in [-0.25, -0.2) is 0 Å². The Labute approximate surface area is 646 Å². The maximum absolute atomic E-state index is 14.4. The van der Waals surface area contributed by atoms with Crippen LogP contribution in [0, 0.1) is 11.8 Å². The normalized spacial score (nSPS) is 16.2. The fourth-order valence-electron chi connectivity index (χ4n) is 14.7. The van der Waals surface area contributed by atoms with Crippen LogP contribution in [0.15, 0.2) is 146 Å². The van der Waals surface area contributed by atoms with Gasteiger partial charge in [-0.2, -0.15) is 27.0 Å². The molecule has 4 aliphatic heterocycles. The van der Waals surface area contributed by atoms with E-state index in [0.29, 0.717) is 95.6 Å². The Morgan fingerprint density at radius 2 is 0.903 bits per heavy atom. The number of hydrogen-bond donors (Lipinski definition) is 3. The first-order chi connectivity index (χ1) is 48.1. The van der Waals surface area contributed by atoms with E-state index in [-0.39, 0.29) is 74.5 Å². The second-order valence-electron chi connectivity index (χ2n) is 27.3. The standard InChI is InChI=1S/C39H47Cl2N5O4.C29H38Cl2N4O2.C10H10ClNO2.2H2S/c1-6-46(30-13-8-7-9-14-30)37(50)36(49)44(5)39(26-43(4)35(48)27(2)3,29-16-17-32(40)33(41)25-29)20-23-45-21-18-38(19-22-45)31-15-11-10-12-28(31)24-34(47)42-38;1-20(2)27(37)34(4)19-29(32-3,22-9-10-24(30)25(31)18-22)13-16-35-14-11-28(12-15-35)23-8-6-5-7-21(23)17-26(36)33-28;1-2-12(10(14)9(11)13)8-6-4-3-5-7-8;;/h7-17,25,27H,6,18-24,26H2,1-5H3,(H,42,47);5-10,18,20,32H,11-17,19H2,1-4H3,(H,33,36);3-7H,2H2,1H3;2*1H2/t39-;29-;;;/m11.../s1. The van der Waals surface area contributed by atoms with Crippen molar-refractivity contribution in [3.8, 4) is 0 Å². The molecule has 2 saturated heterocycles. The third kappa shape index (κ3) is 20.3. The fourth-order valence-corrected chi connectivity index (χ4v) is 15.4. The lowest BCUT2D eigenvalue weighted by Gasteiger charge is -2.48. The minimum Gasteiger partial charge on any atom is -0.346 e. The molecule has 0 radical (unpaired) electrons. The maximum Gasteiger partial charge on any atom is 0.316 e. The summed E-state index contributed by atoms with van der Waals surface area (Å²) < 4.78 is 0. The van der Waals surface area contributed by atoms with Crippen LogP contribution in [-0.2, 0) is 73.4 Å². The van der Waals surface area contributed by atoms with Crippen molar-refractivity contribution in [3.63, 3.8) is 0 Å². The molecular weight excluding hydrogens is 1450 g/mol. The van der Waals surface area contributed by atoms with Crippen LogP contribution < -0.4 is 25.8 Å². The molecule has 3 N–H and O–H groups in total. The maximum atomic E-state index is 14.4. The van der Waals surface area contributed by atoms with Crippen molar-refractivity contribution in [2.24, 2.45) is 11.8 Å². The van der Waals surface area contributed by atoms with Crippen molar-refractivity contribution in [1.82, 2.24) is 40.4 Å². The molecule has 4 heterocycles. The fraction of sp³-hybridized carbons (Fsp3) is 0.436. The number of likely N-dealkylation sites (N-methyl/N-ethyl adjacent to an activating group) is 6. The summed E-state index contributed by atoms with van der Waals surface area (Å²) >= 11 is 30.8. The van der Waals surface area contributed by atoms with Gasteiger partial charge in [0.2, 0.25) is 23.6 Å². The Balaban J connectivity index is 0.000000275. The van der Waals surface area contributed by atoms with Crippen LogP contribution in [0.5, 0.6) is 0 Å². The minimum atomic E-state index is -1.16. The van der Waals surface area contributed by atoms with Gasteiger partial charge in [-0.15, -0.1) is 0 Å². The average Bonchev–Trinajstić information content (AvgIpc) is 0.770. The number of benzene rings is 6. The number of piperidine rings is 2. The molecule has 4 aliphatic rings. The first-order valence-electron chi connectivity index (χ1n) is 34.6. The first kappa shape index (κ1) is 85.2. The van der Waals surface area contributed by atoms with Crippen molar-refractivity contribution in [1.29, 1.82) is 0 Å². The Hall–Kier alpha value is -6.69. The molecule has 0 unspecified atom stereocenters. The van der Waals surface area contributed by atoms with Crippen molar-refractivity contribution >= 4 is 143 Å². The van der Waals surface area contributed by atoms with E-state index in [1.165, 1.54) is 25.8 Å². The zero-order chi connectivity index (χ0) is 73.6. The van der Waals surface area contributed by atoms with E-state index >= 15 is 0 Å². The van der Waals surface area contributed by atoms with Gasteiger partial charge in [0.05, 0.1) is 55.1 Å². The number of fused-ring (bicyclic) bond motifs is 4. The molecule has 10 rings (SSSR count). The molecule has 25 heteroatoms. The van der Waals surface area contributed by atoms with Gasteiger partial charge < -0.3 is 50.2 Å². The number of likely N-dealkylation sites (tertiary alicyclic amines) is 2. The summed E-state index contributed by atoms with van der Waals surface area (Å²) in [6, 6.07) is 45.5. The topological polar surface area (TPSA) is 195 Å². The molecule has 7 amide bonds. The lowest BCUT2D eigenvalue weighted by atomic mass is 9.75. The number of hydrogen-bond acceptors (Lipinski definition) is 11. The Bertz CT molecular complexity index is 3940. The van der Waals surface area contributed by atoms with Crippen LogP contribution in [0.25, 0.3) is 0 Å². The summed E-state index contributed by atoms with van der Waals surface area (Å²) in [7, 11) is 7.16. The highest BCUT2D eigenvalue weighted by molar-refractivity contribution is 7.59. The smallest absolute Gasteiger partial charge is 0.316 e. The number of carbonyl (C=O) groups is 8. The second-order valence-corrected chi connectivity index (χ2v) is 29.3. The molecule has 2 spiro atoms. The summed E-state index contributed by atoms with van der Waals surface area (Å²) in [5.41, 5.74) is 5.29. The lowest BCUT2D eigenvalue weighted by Crippen LogP contribution is -2.59. The van der Waals surface area contributed by atoms with Gasteiger partial charge in [0.25, 0.3) is 0 Å². The SMILES string of the molecule is CCN(C(=O)C(=O)Cl)c1ccccc1.CCN(C(=O)C(=O)N(C)[C@](CCN1CCC2(CC1)NC(=O)Cc1ccccc12)(CN(C)C(=O)C(C)C)c1ccc(Cl)c(Cl)c1)c1ccccc1.CN[C@](CCN1CCC2(CC1)NC(=O)Cc1ccccc12)(CN(C)C(=O)C(C)C)c1ccc(Cl)c(Cl)c1.S.S. The molecule has 2 atom stereocenters. The van der Waals surface area contributed by atoms with E-state index in [9.17, 15) is 38.4 Å². The quantitative estimate of drug-likeness (QED) is 0.0458. The molecule has 6 aromatic rings. The summed E-state index contributed by atoms with van der Waals surface area (Å²) in [4.78, 5) is 114. The molecule has 0 saturated carbocycles. The molecule has 0 aromatic heterocycles. The van der Waals surface area contributed by atoms with Crippen LogP contribution in [0.3, 0.4) is 0 Å². The number of halogens is 5. The number of nitrogens with zero attached hydrogens (tertiary/aromatic N) is 7. The van der Waals surface area contributed by atoms with Crippen LogP contribution in [0.2, 0.25) is 20.1 Å². The molecule has 0 bridgehead atoms. The van der Waals surface area contributed by atoms with Crippen LogP contribution in [0.4, 0.5) is 11.4 Å². The van der Waals surface area contributed by atoms with Crippen LogP contribution >= 0.6 is 85.0 Å². The Kier molecular flexibility index (Phi) is 31.5. The van der Waals surface area contributed by atoms with Crippen LogP contribution in [-0.4, -0.2) is 165 Å². The van der Waals surface area contributed by atoms with Crippen LogP contribution in [0.1, 0.15) is 113 Å². The summed E-state index contributed by atoms with van der Waals surface area (Å²) in [6.45, 7) is 17.1. The molecule has 0 aliphatic carbocycles. The minimum absolute atomic E-state index is 0. The van der Waals surface area contributed by atoms with E-state index in [1.54, 1.807) is 74.4 Å². The molecular formula is C78H99Cl5N10O8S2. The van der Waals surface area contributed by atoms with Gasteiger partial charge >= 0.3 is 23.0 Å². The largest absolute Gasteiger partial charge is 0.346 e. The van der Waals surface area contributed by atoms with Gasteiger partial charge in [-0.3, -0.25) is 38.4 Å². The summed E-state index contributed by atoms with van der Waals surface area (Å²) in [5.74, 6) is -2.27. The third-order valence-corrected chi connectivity index (χ3v) is 22.0. The number of carbonyl (C=O) groups excluding carboxylic acids is 8. The first-order valence-corrected chi connectivity index (χ1v) is 36.5. The zero-order valence-electron chi connectivity index (χ0n) is 60.5. The monoisotopic (exact) mass is 1540 g/mol. The van der Waals surface area contributed by atoms with Crippen molar-refractivity contribution in [3.05, 3.63) is 199 Å². The molecule has 18 nitrogen and oxygen atoms in total. The highest BCUT2D eigenvalue weighted by Crippen LogP contribution is 2.43. The predicted octanol–water partition coefficient (Wildman–Crippen LogP) is 12.5. The Morgan fingerprint density at radius 3 is 1.31 bits per heavy atom. The van der Waals surface area contributed by atoms with Crippen molar-refractivity contribution < 1.29 is 38.4 Å². The van der Waals surface area contributed by atoms with Gasteiger partial charge in [0.15, 0.2) is 0 Å². The van der Waals surface area contributed by atoms with E-state index in [0.717, 1.165) is 68.4 Å². The highest BCUT2D eigenvalue weighted by atomic mass is 35.5. The Morgan fingerprint density at radius 1 is 0.515 bits per heavy atom. The van der Waals surface area contributed by atoms with E-state index < -0.39 is 39.6 Å². The van der Waals surface area contributed by atoms with Gasteiger partial charge in [0.1, 0.15) is 0 Å². The second kappa shape index (κ2) is 38.0. The number of anilines is 2. The molecule has 2 fully saturated rings. The summed E-state index contributed by atoms with van der Waals surface area (Å²) in [6.07, 6.45) is 5.24. The lowest BCUT2D eigenvalue weighted by molar-refractivity contribution is -0.150. The van der Waals surface area contributed by atoms with Gasteiger partial charge in [-0.1, -0.05) is 171 Å². The highest BCUT2D eigenvalue weighted by Gasteiger charge is 2.48. The van der Waals surface area contributed by atoms with Gasteiger partial charge in [0, 0.05) is 110 Å². The van der Waals surface area contributed by atoms with Gasteiger partial charge in [-0.05, 0) is 153 Å². The van der Waals surface area contributed by atoms with E-state index in [1.807, 2.05) is 126 Å². The summed E-state index contributed by atoms with van der Waals surface area (Å²) in [5, 5.41) is 10.9. The number of rotatable bonds is 21. The molecule has 103 heavy (non-hydrogen) atoms. The predicted molar refractivity (Wildman–Crippen MR) is 424 cm³/mol. The third-order valence-electron chi connectivity index (χ3n) is 20.4. The molecule has 6 aromatic carbocycles. The number of amides is 7. The van der Waals surface area contributed by atoms with E-state index in [4.69, 9.17) is 58.0 Å². The zero-order valence-corrected chi connectivity index (χ0v) is 66.3.